The SMILES string of the molecule is Oc1ccc(Nc2ccc(N=C=S)cn2)cc1. The van der Waals surface area contributed by atoms with Crippen molar-refractivity contribution in [3.63, 3.8) is 0 Å². The van der Waals surface area contributed by atoms with Gasteiger partial charge in [-0.3, -0.25) is 0 Å². The van der Waals surface area contributed by atoms with E-state index in [2.05, 4.69) is 32.7 Å². The van der Waals surface area contributed by atoms with Crippen LogP contribution in [-0.4, -0.2) is 15.3 Å². The lowest BCUT2D eigenvalue weighted by atomic mass is 10.3. The van der Waals surface area contributed by atoms with Gasteiger partial charge in [-0.05, 0) is 48.6 Å². The van der Waals surface area contributed by atoms with Crippen LogP contribution in [0.3, 0.4) is 0 Å². The number of rotatable bonds is 3. The third kappa shape index (κ3) is 3.11. The largest absolute Gasteiger partial charge is 0.508 e. The first-order valence-corrected chi connectivity index (χ1v) is 5.29. The number of nitrogens with zero attached hydrogens (tertiary/aromatic N) is 2. The van der Waals surface area contributed by atoms with Crippen LogP contribution in [0.5, 0.6) is 5.75 Å². The van der Waals surface area contributed by atoms with Gasteiger partial charge in [-0.15, -0.1) is 0 Å². The van der Waals surface area contributed by atoms with Crippen LogP contribution < -0.4 is 5.32 Å². The van der Waals surface area contributed by atoms with Gasteiger partial charge in [0.1, 0.15) is 11.6 Å². The van der Waals surface area contributed by atoms with Crippen LogP contribution in [0, 0.1) is 0 Å². The highest BCUT2D eigenvalue weighted by Gasteiger charge is 1.96. The van der Waals surface area contributed by atoms with E-state index in [0.717, 1.165) is 5.69 Å². The maximum absolute atomic E-state index is 9.15. The summed E-state index contributed by atoms with van der Waals surface area (Å²) in [6, 6.07) is 10.3. The van der Waals surface area contributed by atoms with E-state index in [4.69, 9.17) is 5.11 Å². The Balaban J connectivity index is 2.13. The van der Waals surface area contributed by atoms with E-state index in [9.17, 15) is 0 Å². The number of hydrogen-bond donors (Lipinski definition) is 2. The summed E-state index contributed by atoms with van der Waals surface area (Å²) in [5, 5.41) is 14.5. The Hall–Kier alpha value is -2.23. The molecule has 0 saturated carbocycles. The molecule has 0 atom stereocenters. The molecule has 1 aromatic heterocycles. The molecule has 0 aliphatic heterocycles. The molecule has 0 saturated heterocycles. The van der Waals surface area contributed by atoms with Gasteiger partial charge < -0.3 is 10.4 Å². The van der Waals surface area contributed by atoms with Crippen molar-refractivity contribution in [1.82, 2.24) is 4.98 Å². The van der Waals surface area contributed by atoms with Crippen molar-refractivity contribution in [2.75, 3.05) is 5.32 Å². The van der Waals surface area contributed by atoms with Crippen molar-refractivity contribution in [3.8, 4) is 5.75 Å². The Morgan fingerprint density at radius 1 is 1.18 bits per heavy atom. The Labute approximate surface area is 104 Å². The van der Waals surface area contributed by atoms with E-state index in [1.807, 2.05) is 0 Å². The fourth-order valence-electron chi connectivity index (χ4n) is 1.27. The number of aromatic hydroxyl groups is 1. The van der Waals surface area contributed by atoms with E-state index >= 15 is 0 Å². The molecule has 0 fully saturated rings. The van der Waals surface area contributed by atoms with E-state index < -0.39 is 0 Å². The second-order valence-electron chi connectivity index (χ2n) is 3.28. The molecule has 0 aliphatic rings. The van der Waals surface area contributed by atoms with Gasteiger partial charge in [-0.2, -0.15) is 4.99 Å². The molecule has 0 amide bonds. The Morgan fingerprint density at radius 2 is 1.94 bits per heavy atom. The van der Waals surface area contributed by atoms with E-state index in [1.165, 1.54) is 0 Å². The molecule has 1 aromatic carbocycles. The summed E-state index contributed by atoms with van der Waals surface area (Å²) in [6.45, 7) is 0. The third-order valence-electron chi connectivity index (χ3n) is 2.06. The van der Waals surface area contributed by atoms with Crippen molar-refractivity contribution in [2.45, 2.75) is 0 Å². The molecule has 84 valence electrons. The first kappa shape index (κ1) is 11.3. The molecular weight excluding hydrogens is 234 g/mol. The third-order valence-corrected chi connectivity index (χ3v) is 2.15. The number of benzene rings is 1. The lowest BCUT2D eigenvalue weighted by molar-refractivity contribution is 0.475. The predicted molar refractivity (Wildman–Crippen MR) is 70.3 cm³/mol. The average molecular weight is 243 g/mol. The summed E-state index contributed by atoms with van der Waals surface area (Å²) < 4.78 is 0. The number of pyridine rings is 1. The molecule has 5 heteroatoms. The summed E-state index contributed by atoms with van der Waals surface area (Å²) in [6.07, 6.45) is 1.60. The molecular formula is C12H9N3OS. The zero-order chi connectivity index (χ0) is 12.1. The van der Waals surface area contributed by atoms with Crippen LogP contribution in [0.15, 0.2) is 47.6 Å². The van der Waals surface area contributed by atoms with Crippen LogP contribution in [0.1, 0.15) is 0 Å². The summed E-state index contributed by atoms with van der Waals surface area (Å²) in [4.78, 5) is 7.97. The fourth-order valence-corrected chi connectivity index (χ4v) is 1.38. The number of isothiocyanates is 1. The highest BCUT2D eigenvalue weighted by atomic mass is 32.1. The van der Waals surface area contributed by atoms with Gasteiger partial charge in [0.25, 0.3) is 0 Å². The topological polar surface area (TPSA) is 57.5 Å². The van der Waals surface area contributed by atoms with E-state index in [0.29, 0.717) is 11.5 Å². The summed E-state index contributed by atoms with van der Waals surface area (Å²) in [5.74, 6) is 0.924. The summed E-state index contributed by atoms with van der Waals surface area (Å²) in [7, 11) is 0. The lowest BCUT2D eigenvalue weighted by Gasteiger charge is -2.05. The minimum Gasteiger partial charge on any atom is -0.508 e. The van der Waals surface area contributed by atoms with Crippen LogP contribution >= 0.6 is 12.2 Å². The average Bonchev–Trinajstić information content (AvgIpc) is 2.35. The molecule has 0 radical (unpaired) electrons. The number of phenolic OH excluding ortho intramolecular Hbond substituents is 1. The van der Waals surface area contributed by atoms with Gasteiger partial charge >= 0.3 is 0 Å². The smallest absolute Gasteiger partial charge is 0.130 e. The van der Waals surface area contributed by atoms with Crippen LogP contribution in [0.25, 0.3) is 0 Å². The molecule has 1 heterocycles. The van der Waals surface area contributed by atoms with Crippen molar-refractivity contribution in [3.05, 3.63) is 42.6 Å². The molecule has 4 nitrogen and oxygen atoms in total. The molecule has 0 spiro atoms. The van der Waals surface area contributed by atoms with Crippen LogP contribution in [0.4, 0.5) is 17.2 Å². The maximum atomic E-state index is 9.15. The Kier molecular flexibility index (Phi) is 3.45. The number of thiocarbonyl (C=S) groups is 1. The Morgan fingerprint density at radius 3 is 2.53 bits per heavy atom. The predicted octanol–water partition coefficient (Wildman–Crippen LogP) is 3.27. The van der Waals surface area contributed by atoms with Crippen molar-refractivity contribution in [2.24, 2.45) is 4.99 Å². The first-order chi connectivity index (χ1) is 8.28. The quantitative estimate of drug-likeness (QED) is 0.493. The van der Waals surface area contributed by atoms with Crippen molar-refractivity contribution >= 4 is 34.6 Å². The number of phenols is 1. The number of nitrogens with one attached hydrogen (secondary N) is 1. The van der Waals surface area contributed by atoms with Crippen LogP contribution in [0.2, 0.25) is 0 Å². The second-order valence-corrected chi connectivity index (χ2v) is 3.46. The maximum Gasteiger partial charge on any atom is 0.130 e. The number of aliphatic imine (C=N–C) groups is 1. The molecule has 0 aliphatic carbocycles. The summed E-state index contributed by atoms with van der Waals surface area (Å²) in [5.41, 5.74) is 1.51. The molecule has 2 aromatic rings. The van der Waals surface area contributed by atoms with Crippen molar-refractivity contribution < 1.29 is 5.11 Å². The first-order valence-electron chi connectivity index (χ1n) is 4.88. The monoisotopic (exact) mass is 243 g/mol. The summed E-state index contributed by atoms with van der Waals surface area (Å²) >= 11 is 4.50. The zero-order valence-electron chi connectivity index (χ0n) is 8.79. The lowest BCUT2D eigenvalue weighted by Crippen LogP contribution is -1.91. The molecule has 0 unspecified atom stereocenters. The molecule has 2 rings (SSSR count). The van der Waals surface area contributed by atoms with Crippen LogP contribution in [-0.2, 0) is 0 Å². The fraction of sp³-hybridized carbons (Fsp3) is 0. The highest BCUT2D eigenvalue weighted by Crippen LogP contribution is 2.19. The van der Waals surface area contributed by atoms with E-state index in [1.54, 1.807) is 42.6 Å². The van der Waals surface area contributed by atoms with Gasteiger partial charge in [-0.1, -0.05) is 0 Å². The van der Waals surface area contributed by atoms with Gasteiger partial charge in [0.2, 0.25) is 0 Å². The second kappa shape index (κ2) is 5.21. The minimum absolute atomic E-state index is 0.231. The van der Waals surface area contributed by atoms with Crippen molar-refractivity contribution in [1.29, 1.82) is 0 Å². The molecule has 2 N–H and O–H groups in total. The highest BCUT2D eigenvalue weighted by molar-refractivity contribution is 7.78. The molecule has 0 bridgehead atoms. The van der Waals surface area contributed by atoms with E-state index in [-0.39, 0.29) is 5.75 Å². The zero-order valence-corrected chi connectivity index (χ0v) is 9.61. The number of aromatic nitrogens is 1. The number of hydrogen-bond acceptors (Lipinski definition) is 5. The molecule has 17 heavy (non-hydrogen) atoms. The van der Waals surface area contributed by atoms with Gasteiger partial charge in [-0.25, -0.2) is 4.98 Å². The Bertz CT molecular complexity index is 545. The normalized spacial score (nSPS) is 9.41. The minimum atomic E-state index is 0.231. The van der Waals surface area contributed by atoms with Gasteiger partial charge in [0, 0.05) is 5.69 Å². The standard InChI is InChI=1S/C12H9N3OS/c16-11-4-1-9(2-5-11)15-12-6-3-10(7-13-12)14-8-17/h1-7,16H,(H,13,15). The van der Waals surface area contributed by atoms with Gasteiger partial charge in [0.15, 0.2) is 0 Å². The van der Waals surface area contributed by atoms with Gasteiger partial charge in [0.05, 0.1) is 17.0 Å². The number of anilines is 2.